The number of imidazole rings is 1. The third kappa shape index (κ3) is 2.58. The van der Waals surface area contributed by atoms with E-state index in [2.05, 4.69) is 10.1 Å². The molecular weight excluding hydrogens is 266 g/mol. The predicted molar refractivity (Wildman–Crippen MR) is 82.3 cm³/mol. The predicted octanol–water partition coefficient (Wildman–Crippen LogP) is 2.94. The van der Waals surface area contributed by atoms with Crippen LogP contribution < -0.4 is 9.47 Å². The topological polar surface area (TPSA) is 48.6 Å². The van der Waals surface area contributed by atoms with Crippen molar-refractivity contribution >= 4 is 17.2 Å². The van der Waals surface area contributed by atoms with Crippen molar-refractivity contribution in [3.63, 3.8) is 0 Å². The maximum atomic E-state index is 5.28. The van der Waals surface area contributed by atoms with Gasteiger partial charge in [-0.25, -0.2) is 9.66 Å². The Kier molecular flexibility index (Phi) is 3.55. The van der Waals surface area contributed by atoms with Crippen LogP contribution in [0.3, 0.4) is 0 Å². The smallest absolute Gasteiger partial charge is 0.161 e. The minimum Gasteiger partial charge on any atom is -0.493 e. The molecule has 5 nitrogen and oxygen atoms in total. The Morgan fingerprint density at radius 2 is 1.86 bits per heavy atom. The highest BCUT2D eigenvalue weighted by atomic mass is 16.5. The Morgan fingerprint density at radius 3 is 2.67 bits per heavy atom. The van der Waals surface area contributed by atoms with E-state index in [1.807, 2.05) is 42.5 Å². The van der Waals surface area contributed by atoms with Crippen LogP contribution >= 0.6 is 0 Å². The highest BCUT2D eigenvalue weighted by Crippen LogP contribution is 2.26. The maximum absolute atomic E-state index is 5.28. The molecule has 3 rings (SSSR count). The maximum Gasteiger partial charge on any atom is 0.161 e. The minimum absolute atomic E-state index is 0.678. The van der Waals surface area contributed by atoms with Gasteiger partial charge in [0, 0.05) is 0 Å². The Bertz CT molecular complexity index is 793. The van der Waals surface area contributed by atoms with Crippen molar-refractivity contribution in [1.82, 2.24) is 9.66 Å². The van der Waals surface area contributed by atoms with Gasteiger partial charge in [-0.15, -0.1) is 0 Å². The second-order valence-electron chi connectivity index (χ2n) is 4.44. The normalized spacial score (nSPS) is 11.1. The van der Waals surface area contributed by atoms with E-state index in [4.69, 9.17) is 9.47 Å². The summed E-state index contributed by atoms with van der Waals surface area (Å²) in [5.74, 6) is 1.37. The van der Waals surface area contributed by atoms with Gasteiger partial charge < -0.3 is 9.47 Å². The molecular formula is C16H15N3O2. The molecule has 0 amide bonds. The van der Waals surface area contributed by atoms with Crippen LogP contribution in [0.1, 0.15) is 5.56 Å². The Morgan fingerprint density at radius 1 is 1.05 bits per heavy atom. The first-order valence-corrected chi connectivity index (χ1v) is 6.50. The molecule has 0 atom stereocenters. The Balaban J connectivity index is 1.92. The van der Waals surface area contributed by atoms with E-state index in [0.717, 1.165) is 16.6 Å². The van der Waals surface area contributed by atoms with Gasteiger partial charge in [0.25, 0.3) is 0 Å². The zero-order chi connectivity index (χ0) is 14.7. The molecule has 0 saturated heterocycles. The number of nitrogens with zero attached hydrogens (tertiary/aromatic N) is 3. The van der Waals surface area contributed by atoms with E-state index in [0.29, 0.717) is 11.5 Å². The van der Waals surface area contributed by atoms with Crippen molar-refractivity contribution in [1.29, 1.82) is 0 Å². The van der Waals surface area contributed by atoms with Gasteiger partial charge in [-0.05, 0) is 35.9 Å². The van der Waals surface area contributed by atoms with Crippen LogP contribution in [0.25, 0.3) is 11.0 Å². The van der Waals surface area contributed by atoms with Gasteiger partial charge in [0.05, 0.1) is 31.5 Å². The van der Waals surface area contributed by atoms with Gasteiger partial charge >= 0.3 is 0 Å². The van der Waals surface area contributed by atoms with E-state index in [9.17, 15) is 0 Å². The summed E-state index contributed by atoms with van der Waals surface area (Å²) in [6, 6.07) is 13.5. The first-order valence-electron chi connectivity index (χ1n) is 6.50. The van der Waals surface area contributed by atoms with E-state index >= 15 is 0 Å². The monoisotopic (exact) mass is 281 g/mol. The zero-order valence-corrected chi connectivity index (χ0v) is 11.9. The summed E-state index contributed by atoms with van der Waals surface area (Å²) >= 11 is 0. The number of para-hydroxylation sites is 2. The molecule has 1 heterocycles. The van der Waals surface area contributed by atoms with Crippen LogP contribution in [0.5, 0.6) is 11.5 Å². The van der Waals surface area contributed by atoms with Crippen molar-refractivity contribution in [2.24, 2.45) is 5.10 Å². The molecule has 0 aliphatic rings. The number of methoxy groups -OCH3 is 2. The Labute approximate surface area is 122 Å². The lowest BCUT2D eigenvalue weighted by atomic mass is 10.2. The molecule has 2 aromatic carbocycles. The second kappa shape index (κ2) is 5.66. The molecule has 3 aromatic rings. The molecule has 1 aromatic heterocycles. The van der Waals surface area contributed by atoms with Gasteiger partial charge in [0.2, 0.25) is 0 Å². The molecule has 0 bridgehead atoms. The summed E-state index contributed by atoms with van der Waals surface area (Å²) in [7, 11) is 3.23. The lowest BCUT2D eigenvalue weighted by Crippen LogP contribution is -1.93. The first-order chi connectivity index (χ1) is 10.3. The molecule has 0 radical (unpaired) electrons. The molecule has 0 unspecified atom stereocenters. The van der Waals surface area contributed by atoms with Crippen LogP contribution in [-0.2, 0) is 0 Å². The van der Waals surface area contributed by atoms with Crippen molar-refractivity contribution in [3.05, 3.63) is 54.4 Å². The number of ether oxygens (including phenoxy) is 2. The van der Waals surface area contributed by atoms with E-state index < -0.39 is 0 Å². The first kappa shape index (κ1) is 13.2. The van der Waals surface area contributed by atoms with Gasteiger partial charge in [0.15, 0.2) is 11.5 Å². The van der Waals surface area contributed by atoms with Gasteiger partial charge in [-0.2, -0.15) is 5.10 Å². The van der Waals surface area contributed by atoms with Crippen LogP contribution in [0.4, 0.5) is 0 Å². The molecule has 0 saturated carbocycles. The van der Waals surface area contributed by atoms with E-state index in [1.54, 1.807) is 31.4 Å². The second-order valence-corrected chi connectivity index (χ2v) is 4.44. The van der Waals surface area contributed by atoms with E-state index in [1.165, 1.54) is 0 Å². The van der Waals surface area contributed by atoms with Gasteiger partial charge in [-0.3, -0.25) is 0 Å². The van der Waals surface area contributed by atoms with Crippen molar-refractivity contribution in [3.8, 4) is 11.5 Å². The summed E-state index contributed by atoms with van der Waals surface area (Å²) in [6.45, 7) is 0. The molecule has 0 aliphatic heterocycles. The number of fused-ring (bicyclic) bond motifs is 1. The van der Waals surface area contributed by atoms with Crippen molar-refractivity contribution in [2.75, 3.05) is 14.2 Å². The summed E-state index contributed by atoms with van der Waals surface area (Å²) in [5, 5.41) is 4.43. The molecule has 21 heavy (non-hydrogen) atoms. The SMILES string of the molecule is COc1ccc(C=Nn2cnc3ccccc32)cc1OC. The van der Waals surface area contributed by atoms with Crippen molar-refractivity contribution in [2.45, 2.75) is 0 Å². The number of rotatable bonds is 4. The number of hydrogen-bond acceptors (Lipinski definition) is 4. The standard InChI is InChI=1S/C16H15N3O2/c1-20-15-8-7-12(9-16(15)21-2)10-18-19-11-17-13-5-3-4-6-14(13)19/h3-11H,1-2H3. The summed E-state index contributed by atoms with van der Waals surface area (Å²) in [5.41, 5.74) is 2.81. The molecule has 0 N–H and O–H groups in total. The van der Waals surface area contributed by atoms with Crippen molar-refractivity contribution < 1.29 is 9.47 Å². The molecule has 0 aliphatic carbocycles. The Hall–Kier alpha value is -2.82. The quantitative estimate of drug-likeness (QED) is 0.691. The van der Waals surface area contributed by atoms with Crippen LogP contribution in [0.15, 0.2) is 53.9 Å². The average Bonchev–Trinajstić information content (AvgIpc) is 2.96. The fraction of sp³-hybridized carbons (Fsp3) is 0.125. The molecule has 5 heteroatoms. The fourth-order valence-electron chi connectivity index (χ4n) is 2.10. The molecule has 0 spiro atoms. The van der Waals surface area contributed by atoms with Crippen LogP contribution in [0, 0.1) is 0 Å². The molecule has 106 valence electrons. The molecule has 0 fully saturated rings. The number of benzene rings is 2. The minimum atomic E-state index is 0.678. The average molecular weight is 281 g/mol. The van der Waals surface area contributed by atoms with Crippen LogP contribution in [-0.4, -0.2) is 30.1 Å². The van der Waals surface area contributed by atoms with Crippen LogP contribution in [0.2, 0.25) is 0 Å². The van der Waals surface area contributed by atoms with Gasteiger partial charge in [0.1, 0.15) is 6.33 Å². The summed E-state index contributed by atoms with van der Waals surface area (Å²) < 4.78 is 12.2. The third-order valence-corrected chi connectivity index (χ3v) is 3.17. The summed E-state index contributed by atoms with van der Waals surface area (Å²) in [6.07, 6.45) is 3.46. The summed E-state index contributed by atoms with van der Waals surface area (Å²) in [4.78, 5) is 4.30. The fourth-order valence-corrected chi connectivity index (χ4v) is 2.10. The zero-order valence-electron chi connectivity index (χ0n) is 11.9. The highest BCUT2D eigenvalue weighted by molar-refractivity contribution is 5.82. The van der Waals surface area contributed by atoms with E-state index in [-0.39, 0.29) is 0 Å². The lowest BCUT2D eigenvalue weighted by molar-refractivity contribution is 0.355. The highest BCUT2D eigenvalue weighted by Gasteiger charge is 2.03. The lowest BCUT2D eigenvalue weighted by Gasteiger charge is -2.07. The number of hydrogen-bond donors (Lipinski definition) is 0. The third-order valence-electron chi connectivity index (χ3n) is 3.17. The largest absolute Gasteiger partial charge is 0.493 e. The van der Waals surface area contributed by atoms with Gasteiger partial charge in [-0.1, -0.05) is 12.1 Å². The number of aromatic nitrogens is 2.